The molecule has 0 heterocycles. The topological polar surface area (TPSA) is 136 Å². The Morgan fingerprint density at radius 3 is 1.31 bits per heavy atom. The van der Waals surface area contributed by atoms with Gasteiger partial charge in [0.05, 0.1) is 0 Å². The number of hydrogen-bond acceptors (Lipinski definition) is 7. The molecule has 0 aromatic carbocycles. The third-order valence-electron chi connectivity index (χ3n) is 1.68. The molecular formula is C4H12BrO7P. The second kappa shape index (κ2) is 4.92. The minimum atomic E-state index is -4.13. The molecule has 0 spiro atoms. The van der Waals surface area contributed by atoms with E-state index in [0.29, 0.717) is 0 Å². The molecule has 0 rings (SSSR count). The summed E-state index contributed by atoms with van der Waals surface area (Å²) in [5.74, 6) is 0. The van der Waals surface area contributed by atoms with Gasteiger partial charge < -0.3 is 0 Å². The van der Waals surface area contributed by atoms with Crippen LogP contribution in [0.15, 0.2) is 0 Å². The third-order valence-corrected chi connectivity index (χ3v) is 8.21. The fraction of sp³-hybridized carbons (Fsp3) is 1.00. The zero-order valence-corrected chi connectivity index (χ0v) is 9.15. The van der Waals surface area contributed by atoms with Crippen LogP contribution in [0.3, 0.4) is 0 Å². The van der Waals surface area contributed by atoms with Gasteiger partial charge >= 0.3 is 79.5 Å². The molecule has 0 aromatic heterocycles. The van der Waals surface area contributed by atoms with Crippen molar-refractivity contribution in [1.29, 1.82) is 0 Å². The molecule has 13 heavy (non-hydrogen) atoms. The molecular weight excluding hydrogens is 271 g/mol. The number of rotatable bonds is 6. The van der Waals surface area contributed by atoms with E-state index in [4.69, 9.17) is 20.4 Å². The van der Waals surface area contributed by atoms with Crippen molar-refractivity contribution in [3.05, 3.63) is 0 Å². The standard InChI is InChI=1S/C4H12BrO7P/c6-1-13(2-7,3-8,4-9)12-5(10)11/h6-9H,1-4H2. The minimum absolute atomic E-state index is 0.881. The average Bonchev–Trinajstić information content (AvgIpc) is 2.15. The molecule has 0 radical (unpaired) electrons. The second-order valence-electron chi connectivity index (χ2n) is 2.68. The first-order valence-electron chi connectivity index (χ1n) is 3.18. The number of aliphatic hydroxyl groups excluding tert-OH is 4. The van der Waals surface area contributed by atoms with Crippen molar-refractivity contribution >= 4 is 6.83 Å². The van der Waals surface area contributed by atoms with E-state index in [-0.39, 0.29) is 0 Å². The predicted octanol–water partition coefficient (Wildman–Crippen LogP) is -3.64. The van der Waals surface area contributed by atoms with Gasteiger partial charge in [-0.15, -0.1) is 0 Å². The quantitative estimate of drug-likeness (QED) is 0.369. The molecule has 0 atom stereocenters. The Hall–Kier alpha value is 0.630. The van der Waals surface area contributed by atoms with E-state index in [1.54, 1.807) is 0 Å². The molecule has 0 aromatic rings. The molecule has 0 unspecified atom stereocenters. The van der Waals surface area contributed by atoms with Crippen LogP contribution in [0, 0.1) is 14.8 Å². The Morgan fingerprint density at radius 1 is 0.923 bits per heavy atom. The van der Waals surface area contributed by atoms with Gasteiger partial charge in [-0.25, -0.2) is 0 Å². The van der Waals surface area contributed by atoms with E-state index in [1.807, 2.05) is 0 Å². The Labute approximate surface area is 80.0 Å². The normalized spacial score (nSPS) is 15.8. The summed E-state index contributed by atoms with van der Waals surface area (Å²) in [6, 6.07) is 0. The van der Waals surface area contributed by atoms with Crippen LogP contribution >= 0.6 is 6.83 Å². The van der Waals surface area contributed by atoms with E-state index in [0.717, 1.165) is 0 Å². The summed E-state index contributed by atoms with van der Waals surface area (Å²) < 4.78 is 24.9. The van der Waals surface area contributed by atoms with Gasteiger partial charge in [-0.2, -0.15) is 0 Å². The van der Waals surface area contributed by atoms with Gasteiger partial charge in [0, 0.05) is 0 Å². The van der Waals surface area contributed by atoms with Crippen LogP contribution < -0.4 is 8.40 Å². The van der Waals surface area contributed by atoms with Gasteiger partial charge in [0.15, 0.2) is 0 Å². The fourth-order valence-corrected chi connectivity index (χ4v) is 4.65. The first-order chi connectivity index (χ1) is 5.97. The van der Waals surface area contributed by atoms with Gasteiger partial charge in [0.2, 0.25) is 0 Å². The predicted molar refractivity (Wildman–Crippen MR) is 36.3 cm³/mol. The maximum absolute atomic E-state index is 10.3. The molecule has 0 saturated heterocycles. The van der Waals surface area contributed by atoms with Crippen LogP contribution in [-0.2, 0) is 3.62 Å². The zero-order chi connectivity index (χ0) is 10.6. The summed E-state index contributed by atoms with van der Waals surface area (Å²) in [4.78, 5) is 0. The van der Waals surface area contributed by atoms with Crippen molar-refractivity contribution in [2.45, 2.75) is 0 Å². The van der Waals surface area contributed by atoms with E-state index in [2.05, 4.69) is 3.62 Å². The average molecular weight is 283 g/mol. The third kappa shape index (κ3) is 2.79. The van der Waals surface area contributed by atoms with E-state index in [1.165, 1.54) is 0 Å². The molecule has 0 fully saturated rings. The summed E-state index contributed by atoms with van der Waals surface area (Å²) in [6.07, 6.45) is -3.52. The molecule has 0 aliphatic heterocycles. The first kappa shape index (κ1) is 13.6. The number of aliphatic hydroxyl groups is 4. The maximum atomic E-state index is 10.3. The molecule has 0 aliphatic rings. The molecule has 9 heteroatoms. The summed E-state index contributed by atoms with van der Waals surface area (Å²) in [6.45, 7) is -4.13. The first-order valence-corrected chi connectivity index (χ1v) is 8.01. The van der Waals surface area contributed by atoms with Gasteiger partial charge in [-0.1, -0.05) is 0 Å². The van der Waals surface area contributed by atoms with E-state index in [9.17, 15) is 8.40 Å². The molecule has 7 nitrogen and oxygen atoms in total. The fourth-order valence-electron chi connectivity index (χ4n) is 0.515. The number of hydrogen-bond donors (Lipinski definition) is 4. The van der Waals surface area contributed by atoms with Gasteiger partial charge in [0.1, 0.15) is 0 Å². The van der Waals surface area contributed by atoms with Gasteiger partial charge in [0.25, 0.3) is 0 Å². The van der Waals surface area contributed by atoms with Crippen LogP contribution in [0.5, 0.6) is 0 Å². The molecule has 0 saturated carbocycles. The SMILES string of the molecule is [O-][Br+2]([O-])OP(CO)(CO)(CO)CO. The van der Waals surface area contributed by atoms with Crippen LogP contribution in [0.2, 0.25) is 0 Å². The molecule has 0 amide bonds. The van der Waals surface area contributed by atoms with Crippen molar-refractivity contribution in [2.75, 3.05) is 25.4 Å². The molecule has 4 N–H and O–H groups in total. The van der Waals surface area contributed by atoms with Crippen LogP contribution in [-0.4, -0.2) is 45.8 Å². The summed E-state index contributed by atoms with van der Waals surface area (Å²) in [7, 11) is 0. The summed E-state index contributed by atoms with van der Waals surface area (Å²) in [5, 5.41) is 35.5. The summed E-state index contributed by atoms with van der Waals surface area (Å²) >= 11 is -3.70. The summed E-state index contributed by atoms with van der Waals surface area (Å²) in [5.41, 5.74) is 0. The monoisotopic (exact) mass is 282 g/mol. The van der Waals surface area contributed by atoms with Crippen LogP contribution in [0.25, 0.3) is 0 Å². The van der Waals surface area contributed by atoms with Crippen molar-refractivity contribution in [3.8, 4) is 0 Å². The van der Waals surface area contributed by atoms with Crippen molar-refractivity contribution < 1.29 is 47.3 Å². The molecule has 0 bridgehead atoms. The van der Waals surface area contributed by atoms with Gasteiger partial charge in [-0.3, -0.25) is 0 Å². The van der Waals surface area contributed by atoms with Crippen molar-refractivity contribution in [2.24, 2.45) is 0 Å². The van der Waals surface area contributed by atoms with E-state index < -0.39 is 47.0 Å². The van der Waals surface area contributed by atoms with Gasteiger partial charge in [-0.05, 0) is 0 Å². The van der Waals surface area contributed by atoms with Crippen LogP contribution in [0.1, 0.15) is 0 Å². The van der Waals surface area contributed by atoms with E-state index >= 15 is 0 Å². The Balaban J connectivity index is 4.83. The number of halogens is 1. The molecule has 82 valence electrons. The second-order valence-corrected chi connectivity index (χ2v) is 9.33. The molecule has 0 aliphatic carbocycles. The van der Waals surface area contributed by atoms with Crippen molar-refractivity contribution in [3.63, 3.8) is 0 Å². The van der Waals surface area contributed by atoms with Crippen molar-refractivity contribution in [1.82, 2.24) is 0 Å². The zero-order valence-electron chi connectivity index (χ0n) is 6.67. The van der Waals surface area contributed by atoms with Crippen LogP contribution in [0.4, 0.5) is 0 Å². The Morgan fingerprint density at radius 2 is 1.23 bits per heavy atom. The Bertz CT molecular complexity index is 137. The Kier molecular flexibility index (Phi) is 5.16.